The fourth-order valence-corrected chi connectivity index (χ4v) is 4.81. The lowest BCUT2D eigenvalue weighted by molar-refractivity contribution is -0.119. The van der Waals surface area contributed by atoms with E-state index in [4.69, 9.17) is 9.47 Å². The molecule has 3 aromatic rings. The average Bonchev–Trinajstić information content (AvgIpc) is 3.49. The number of benzene rings is 1. The summed E-state index contributed by atoms with van der Waals surface area (Å²) in [6.45, 7) is 4.29. The Morgan fingerprint density at radius 1 is 1.31 bits per heavy atom. The number of nitrogens with one attached hydrogen (secondary N) is 1. The van der Waals surface area contributed by atoms with Gasteiger partial charge in [-0.3, -0.25) is 9.48 Å². The lowest BCUT2D eigenvalue weighted by Crippen LogP contribution is -2.25. The molecule has 0 aliphatic carbocycles. The van der Waals surface area contributed by atoms with Crippen LogP contribution in [-0.2, 0) is 9.53 Å². The summed E-state index contributed by atoms with van der Waals surface area (Å²) in [4.78, 5) is 16.1. The van der Waals surface area contributed by atoms with Gasteiger partial charge in [0, 0.05) is 43.9 Å². The molecule has 4 heterocycles. The normalized spacial score (nSPS) is 21.4. The molecule has 1 N–H and O–H groups in total. The van der Waals surface area contributed by atoms with Crippen molar-refractivity contribution in [1.29, 1.82) is 0 Å². The van der Waals surface area contributed by atoms with E-state index in [1.807, 2.05) is 18.6 Å². The molecule has 152 valence electrons. The third-order valence-corrected chi connectivity index (χ3v) is 6.74. The van der Waals surface area contributed by atoms with Crippen LogP contribution in [0.5, 0.6) is 5.75 Å². The summed E-state index contributed by atoms with van der Waals surface area (Å²) in [5.74, 6) is 1.11. The number of thiazole rings is 1. The maximum atomic E-state index is 11.6. The Labute approximate surface area is 173 Å². The van der Waals surface area contributed by atoms with Crippen molar-refractivity contribution in [3.63, 3.8) is 0 Å². The third kappa shape index (κ3) is 3.74. The number of nitrogens with zero attached hydrogens (tertiary/aromatic N) is 3. The number of amides is 1. The smallest absolute Gasteiger partial charge is 0.220 e. The highest BCUT2D eigenvalue weighted by molar-refractivity contribution is 7.17. The van der Waals surface area contributed by atoms with Crippen LogP contribution in [0.2, 0.25) is 0 Å². The second-order valence-corrected chi connectivity index (χ2v) is 8.67. The Hall–Kier alpha value is -2.45. The van der Waals surface area contributed by atoms with Gasteiger partial charge in [-0.1, -0.05) is 0 Å². The van der Waals surface area contributed by atoms with E-state index in [9.17, 15) is 4.79 Å². The first kappa shape index (κ1) is 18.6. The van der Waals surface area contributed by atoms with E-state index >= 15 is 0 Å². The summed E-state index contributed by atoms with van der Waals surface area (Å²) in [6.07, 6.45) is 6.47. The maximum absolute atomic E-state index is 11.6. The topological polar surface area (TPSA) is 78.3 Å². The van der Waals surface area contributed by atoms with Crippen molar-refractivity contribution in [2.75, 3.05) is 19.8 Å². The fraction of sp³-hybridized carbons (Fsp3) is 0.476. The zero-order valence-electron chi connectivity index (χ0n) is 16.3. The highest BCUT2D eigenvalue weighted by atomic mass is 32.1. The monoisotopic (exact) mass is 412 g/mol. The maximum Gasteiger partial charge on any atom is 0.220 e. The van der Waals surface area contributed by atoms with E-state index in [0.717, 1.165) is 53.1 Å². The molecule has 5 rings (SSSR count). The number of carbonyl (C=O) groups excluding carboxylic acids is 1. The zero-order valence-corrected chi connectivity index (χ0v) is 17.2. The molecular formula is C21H24N4O3S. The molecule has 1 amide bonds. The van der Waals surface area contributed by atoms with Crippen molar-refractivity contribution in [2.24, 2.45) is 5.92 Å². The van der Waals surface area contributed by atoms with Crippen molar-refractivity contribution in [3.05, 3.63) is 30.0 Å². The van der Waals surface area contributed by atoms with Gasteiger partial charge in [-0.2, -0.15) is 5.10 Å². The second kappa shape index (κ2) is 7.76. The summed E-state index contributed by atoms with van der Waals surface area (Å²) in [6, 6.07) is 4.56. The standard InChI is InChI=1S/C21H24N4O3S/c1-13(15-8-20(26)22-9-15)28-19-7-14(6-18-21(19)29-12-23-18)16-10-24-25(11-16)17-2-4-27-5-3-17/h6-7,10-13,15,17H,2-5,8-9H2,1H3,(H,22,26)/t13-,15-/m1/s1. The molecule has 2 atom stereocenters. The number of carbonyl (C=O) groups is 1. The van der Waals surface area contributed by atoms with Crippen LogP contribution in [0.4, 0.5) is 0 Å². The van der Waals surface area contributed by atoms with Gasteiger partial charge < -0.3 is 14.8 Å². The Bertz CT molecular complexity index is 1020. The highest BCUT2D eigenvalue weighted by Crippen LogP contribution is 2.36. The Kier molecular flexibility index (Phi) is 4.97. The molecule has 2 aliphatic heterocycles. The number of aromatic nitrogens is 3. The quantitative estimate of drug-likeness (QED) is 0.695. The van der Waals surface area contributed by atoms with Crippen LogP contribution in [0.25, 0.3) is 21.3 Å². The average molecular weight is 413 g/mol. The molecule has 0 radical (unpaired) electrons. The predicted molar refractivity (Wildman–Crippen MR) is 111 cm³/mol. The van der Waals surface area contributed by atoms with Gasteiger partial charge in [-0.25, -0.2) is 4.98 Å². The van der Waals surface area contributed by atoms with Gasteiger partial charge in [-0.15, -0.1) is 11.3 Å². The van der Waals surface area contributed by atoms with Crippen LogP contribution in [0.15, 0.2) is 30.0 Å². The molecule has 0 unspecified atom stereocenters. The molecule has 0 bridgehead atoms. The summed E-state index contributed by atoms with van der Waals surface area (Å²) in [7, 11) is 0. The first-order valence-electron chi connectivity index (χ1n) is 10.1. The third-order valence-electron chi connectivity index (χ3n) is 5.88. The number of ether oxygens (including phenoxy) is 2. The molecule has 8 heteroatoms. The van der Waals surface area contributed by atoms with E-state index in [1.54, 1.807) is 11.3 Å². The molecule has 2 saturated heterocycles. The molecule has 2 aromatic heterocycles. The molecule has 2 fully saturated rings. The summed E-state index contributed by atoms with van der Waals surface area (Å²) < 4.78 is 14.9. The highest BCUT2D eigenvalue weighted by Gasteiger charge is 2.28. The van der Waals surface area contributed by atoms with Crippen LogP contribution in [0.3, 0.4) is 0 Å². The number of rotatable bonds is 5. The summed E-state index contributed by atoms with van der Waals surface area (Å²) in [5.41, 5.74) is 4.87. The van der Waals surface area contributed by atoms with Gasteiger partial charge in [0.1, 0.15) is 11.9 Å². The second-order valence-electron chi connectivity index (χ2n) is 7.82. The minimum Gasteiger partial charge on any atom is -0.489 e. The van der Waals surface area contributed by atoms with E-state index in [1.165, 1.54) is 0 Å². The van der Waals surface area contributed by atoms with Crippen LogP contribution >= 0.6 is 11.3 Å². The predicted octanol–water partition coefficient (Wildman–Crippen LogP) is 3.41. The van der Waals surface area contributed by atoms with Crippen molar-refractivity contribution in [2.45, 2.75) is 38.3 Å². The SMILES string of the molecule is C[C@@H](Oc1cc(-c2cnn(C3CCOCC3)c2)cc2ncsc12)[C@H]1CNC(=O)C1. The van der Waals surface area contributed by atoms with Crippen LogP contribution in [0, 0.1) is 5.92 Å². The van der Waals surface area contributed by atoms with E-state index in [2.05, 4.69) is 38.4 Å². The summed E-state index contributed by atoms with van der Waals surface area (Å²) in [5, 5.41) is 7.49. The Morgan fingerprint density at radius 2 is 2.17 bits per heavy atom. The minimum absolute atomic E-state index is 0.0561. The fourth-order valence-electron chi connectivity index (χ4n) is 4.08. The number of hydrogen-bond acceptors (Lipinski definition) is 6. The minimum atomic E-state index is -0.0561. The summed E-state index contributed by atoms with van der Waals surface area (Å²) >= 11 is 1.58. The van der Waals surface area contributed by atoms with Crippen LogP contribution in [-0.4, -0.2) is 46.5 Å². The van der Waals surface area contributed by atoms with Gasteiger partial charge >= 0.3 is 0 Å². The largest absolute Gasteiger partial charge is 0.489 e. The first-order valence-corrected chi connectivity index (χ1v) is 11.0. The Morgan fingerprint density at radius 3 is 2.97 bits per heavy atom. The van der Waals surface area contributed by atoms with Gasteiger partial charge in [0.2, 0.25) is 5.91 Å². The molecule has 0 spiro atoms. The Balaban J connectivity index is 1.43. The molecule has 0 saturated carbocycles. The lowest BCUT2D eigenvalue weighted by Gasteiger charge is -2.22. The van der Waals surface area contributed by atoms with Crippen LogP contribution < -0.4 is 10.1 Å². The molecule has 2 aliphatic rings. The molecule has 1 aromatic carbocycles. The van der Waals surface area contributed by atoms with E-state index in [0.29, 0.717) is 19.0 Å². The van der Waals surface area contributed by atoms with E-state index < -0.39 is 0 Å². The molecule has 7 nitrogen and oxygen atoms in total. The van der Waals surface area contributed by atoms with Gasteiger partial charge in [0.15, 0.2) is 0 Å². The van der Waals surface area contributed by atoms with Crippen molar-refractivity contribution in [1.82, 2.24) is 20.1 Å². The molecular weight excluding hydrogens is 388 g/mol. The van der Waals surface area contributed by atoms with Crippen molar-refractivity contribution < 1.29 is 14.3 Å². The van der Waals surface area contributed by atoms with Gasteiger partial charge in [0.25, 0.3) is 0 Å². The van der Waals surface area contributed by atoms with Gasteiger partial charge in [-0.05, 0) is 37.5 Å². The lowest BCUT2D eigenvalue weighted by atomic mass is 10.0. The van der Waals surface area contributed by atoms with E-state index in [-0.39, 0.29) is 17.9 Å². The van der Waals surface area contributed by atoms with Gasteiger partial charge in [0.05, 0.1) is 28.0 Å². The van der Waals surface area contributed by atoms with Crippen molar-refractivity contribution >= 4 is 27.5 Å². The molecule has 29 heavy (non-hydrogen) atoms. The first-order chi connectivity index (χ1) is 14.2. The zero-order chi connectivity index (χ0) is 19.8. The number of fused-ring (bicyclic) bond motifs is 1. The number of hydrogen-bond donors (Lipinski definition) is 1. The van der Waals surface area contributed by atoms with Crippen LogP contribution in [0.1, 0.15) is 32.2 Å². The van der Waals surface area contributed by atoms with Crippen molar-refractivity contribution in [3.8, 4) is 16.9 Å².